The van der Waals surface area contributed by atoms with E-state index in [-0.39, 0.29) is 5.60 Å². The standard InChI is InChI=1S/C16H22BrNO3/c1-3-16(21-2,12-4-6-14(17)7-5-12)13-8-10-18(11-9-13)15(19)20/h4-7,13H,3,8-11H2,1-2H3,(H,19,20). The second kappa shape index (κ2) is 6.79. The molecule has 0 spiro atoms. The van der Waals surface area contributed by atoms with Crippen molar-refractivity contribution in [3.63, 3.8) is 0 Å². The number of methoxy groups -OCH3 is 1. The van der Waals surface area contributed by atoms with Crippen LogP contribution in [0, 0.1) is 5.92 Å². The van der Waals surface area contributed by atoms with E-state index in [4.69, 9.17) is 9.84 Å². The topological polar surface area (TPSA) is 49.8 Å². The van der Waals surface area contributed by atoms with E-state index in [0.717, 1.165) is 23.7 Å². The van der Waals surface area contributed by atoms with Crippen molar-refractivity contribution in [1.82, 2.24) is 4.90 Å². The summed E-state index contributed by atoms with van der Waals surface area (Å²) in [6.07, 6.45) is 1.73. The molecule has 116 valence electrons. The van der Waals surface area contributed by atoms with Gasteiger partial charge in [0.2, 0.25) is 0 Å². The summed E-state index contributed by atoms with van der Waals surface area (Å²) in [5, 5.41) is 9.08. The molecule has 5 heteroatoms. The van der Waals surface area contributed by atoms with Gasteiger partial charge in [-0.05, 0) is 42.9 Å². The number of ether oxygens (including phenoxy) is 1. The molecule has 1 fully saturated rings. The molecule has 1 aliphatic rings. The second-order valence-corrected chi connectivity index (χ2v) is 6.41. The van der Waals surface area contributed by atoms with Gasteiger partial charge in [-0.25, -0.2) is 4.79 Å². The number of rotatable bonds is 4. The molecule has 21 heavy (non-hydrogen) atoms. The monoisotopic (exact) mass is 355 g/mol. The zero-order valence-corrected chi connectivity index (χ0v) is 14.1. The van der Waals surface area contributed by atoms with Gasteiger partial charge in [-0.1, -0.05) is 35.0 Å². The van der Waals surface area contributed by atoms with Crippen LogP contribution in [0.25, 0.3) is 0 Å². The number of hydrogen-bond donors (Lipinski definition) is 1. The van der Waals surface area contributed by atoms with Crippen LogP contribution in [0.15, 0.2) is 28.7 Å². The minimum Gasteiger partial charge on any atom is -0.465 e. The molecular formula is C16H22BrNO3. The predicted molar refractivity (Wildman–Crippen MR) is 85.4 cm³/mol. The van der Waals surface area contributed by atoms with Crippen molar-refractivity contribution in [2.75, 3.05) is 20.2 Å². The summed E-state index contributed by atoms with van der Waals surface area (Å²) < 4.78 is 7.02. The normalized spacial score (nSPS) is 19.3. The Labute approximate surface area is 134 Å². The number of hydrogen-bond acceptors (Lipinski definition) is 2. The summed E-state index contributed by atoms with van der Waals surface area (Å²) in [4.78, 5) is 12.5. The fraction of sp³-hybridized carbons (Fsp3) is 0.562. The fourth-order valence-electron chi connectivity index (χ4n) is 3.43. The molecule has 2 rings (SSSR count). The van der Waals surface area contributed by atoms with Crippen LogP contribution in [-0.2, 0) is 10.3 Å². The molecule has 0 radical (unpaired) electrons. The smallest absolute Gasteiger partial charge is 0.407 e. The van der Waals surface area contributed by atoms with Gasteiger partial charge >= 0.3 is 6.09 Å². The van der Waals surface area contributed by atoms with Crippen molar-refractivity contribution in [2.45, 2.75) is 31.8 Å². The number of carbonyl (C=O) groups is 1. The first-order valence-electron chi connectivity index (χ1n) is 7.32. The van der Waals surface area contributed by atoms with E-state index in [1.165, 1.54) is 10.5 Å². The molecule has 0 saturated carbocycles. The largest absolute Gasteiger partial charge is 0.465 e. The number of benzene rings is 1. The lowest BCUT2D eigenvalue weighted by atomic mass is 9.74. The van der Waals surface area contributed by atoms with Crippen LogP contribution < -0.4 is 0 Å². The van der Waals surface area contributed by atoms with Gasteiger partial charge in [-0.3, -0.25) is 0 Å². The fourth-order valence-corrected chi connectivity index (χ4v) is 3.69. The van der Waals surface area contributed by atoms with Crippen LogP contribution in [-0.4, -0.2) is 36.3 Å². The average molecular weight is 356 g/mol. The van der Waals surface area contributed by atoms with Crippen LogP contribution in [0.4, 0.5) is 4.79 Å². The van der Waals surface area contributed by atoms with E-state index in [1.54, 1.807) is 7.11 Å². The maximum atomic E-state index is 11.0. The molecule has 0 aliphatic carbocycles. The molecular weight excluding hydrogens is 334 g/mol. The Kier molecular flexibility index (Phi) is 5.27. The average Bonchev–Trinajstić information content (AvgIpc) is 2.51. The molecule has 1 atom stereocenters. The van der Waals surface area contributed by atoms with E-state index in [2.05, 4.69) is 35.0 Å². The highest BCUT2D eigenvalue weighted by Gasteiger charge is 2.41. The number of piperidine rings is 1. The summed E-state index contributed by atoms with van der Waals surface area (Å²) in [7, 11) is 1.76. The number of amides is 1. The Morgan fingerprint density at radius 2 is 1.95 bits per heavy atom. The summed E-state index contributed by atoms with van der Waals surface area (Å²) in [6, 6.07) is 8.26. The minimum absolute atomic E-state index is 0.328. The van der Waals surface area contributed by atoms with Crippen molar-refractivity contribution >= 4 is 22.0 Å². The van der Waals surface area contributed by atoms with Gasteiger partial charge in [0.05, 0.1) is 5.60 Å². The van der Waals surface area contributed by atoms with Crippen LogP contribution in [0.3, 0.4) is 0 Å². The molecule has 1 aromatic rings. The number of nitrogens with zero attached hydrogens (tertiary/aromatic N) is 1. The Morgan fingerprint density at radius 1 is 1.38 bits per heavy atom. The lowest BCUT2D eigenvalue weighted by Crippen LogP contribution is -2.45. The highest BCUT2D eigenvalue weighted by atomic mass is 79.9. The van der Waals surface area contributed by atoms with Crippen molar-refractivity contribution in [3.05, 3.63) is 34.3 Å². The minimum atomic E-state index is -0.823. The third-order valence-corrected chi connectivity index (χ3v) is 5.18. The van der Waals surface area contributed by atoms with Crippen molar-refractivity contribution in [3.8, 4) is 0 Å². The zero-order valence-electron chi connectivity index (χ0n) is 12.5. The van der Waals surface area contributed by atoms with E-state index in [0.29, 0.717) is 19.0 Å². The summed E-state index contributed by atoms with van der Waals surface area (Å²) in [5.41, 5.74) is 0.843. The third kappa shape index (κ3) is 3.24. The van der Waals surface area contributed by atoms with E-state index >= 15 is 0 Å². The van der Waals surface area contributed by atoms with Gasteiger partial charge in [0.1, 0.15) is 0 Å². The Balaban J connectivity index is 2.23. The third-order valence-electron chi connectivity index (χ3n) is 4.65. The van der Waals surface area contributed by atoms with E-state index in [9.17, 15) is 4.79 Å². The molecule has 0 aromatic heterocycles. The van der Waals surface area contributed by atoms with Gasteiger partial charge in [-0.2, -0.15) is 0 Å². The van der Waals surface area contributed by atoms with E-state index < -0.39 is 6.09 Å². The van der Waals surface area contributed by atoms with Crippen LogP contribution >= 0.6 is 15.9 Å². The Bertz CT molecular complexity index is 477. The van der Waals surface area contributed by atoms with Gasteiger partial charge in [0.25, 0.3) is 0 Å². The Morgan fingerprint density at radius 3 is 2.38 bits per heavy atom. The summed E-state index contributed by atoms with van der Waals surface area (Å²) in [5.74, 6) is 0.337. The molecule has 1 amide bonds. The highest BCUT2D eigenvalue weighted by molar-refractivity contribution is 9.10. The first-order chi connectivity index (χ1) is 10.0. The number of likely N-dealkylation sites (tertiary alicyclic amines) is 1. The molecule has 1 heterocycles. The number of carboxylic acid groups (broad SMARTS) is 1. The first kappa shape index (κ1) is 16.3. The van der Waals surface area contributed by atoms with Crippen molar-refractivity contribution in [2.24, 2.45) is 5.92 Å². The van der Waals surface area contributed by atoms with Gasteiger partial charge in [-0.15, -0.1) is 0 Å². The quantitative estimate of drug-likeness (QED) is 0.884. The summed E-state index contributed by atoms with van der Waals surface area (Å²) >= 11 is 3.46. The van der Waals surface area contributed by atoms with Crippen LogP contribution in [0.2, 0.25) is 0 Å². The molecule has 1 unspecified atom stereocenters. The lowest BCUT2D eigenvalue weighted by Gasteiger charge is -2.43. The van der Waals surface area contributed by atoms with E-state index in [1.807, 2.05) is 12.1 Å². The highest BCUT2D eigenvalue weighted by Crippen LogP contribution is 2.42. The number of halogens is 1. The maximum Gasteiger partial charge on any atom is 0.407 e. The zero-order chi connectivity index (χ0) is 15.5. The maximum absolute atomic E-state index is 11.0. The predicted octanol–water partition coefficient (Wildman–Crippen LogP) is 4.09. The molecule has 1 saturated heterocycles. The van der Waals surface area contributed by atoms with Crippen LogP contribution in [0.5, 0.6) is 0 Å². The van der Waals surface area contributed by atoms with Gasteiger partial charge < -0.3 is 14.7 Å². The molecule has 1 N–H and O–H groups in total. The molecule has 4 nitrogen and oxygen atoms in total. The molecule has 0 bridgehead atoms. The summed E-state index contributed by atoms with van der Waals surface area (Å²) in [6.45, 7) is 3.30. The van der Waals surface area contributed by atoms with Gasteiger partial charge in [0.15, 0.2) is 0 Å². The first-order valence-corrected chi connectivity index (χ1v) is 8.12. The SMILES string of the molecule is CCC(OC)(c1ccc(Br)cc1)C1CCN(C(=O)O)CC1. The van der Waals surface area contributed by atoms with Crippen LogP contribution in [0.1, 0.15) is 31.7 Å². The lowest BCUT2D eigenvalue weighted by molar-refractivity contribution is -0.0839. The Hall–Kier alpha value is -1.07. The molecule has 1 aliphatic heterocycles. The van der Waals surface area contributed by atoms with Gasteiger partial charge in [0, 0.05) is 24.7 Å². The van der Waals surface area contributed by atoms with Crippen molar-refractivity contribution < 1.29 is 14.6 Å². The van der Waals surface area contributed by atoms with Crippen molar-refractivity contribution in [1.29, 1.82) is 0 Å². The second-order valence-electron chi connectivity index (χ2n) is 5.50. The molecule has 1 aromatic carbocycles.